The number of hydrogen-bond donors (Lipinski definition) is 1. The second-order valence-corrected chi connectivity index (χ2v) is 4.43. The van der Waals surface area contributed by atoms with Gasteiger partial charge in [-0.2, -0.15) is 0 Å². The summed E-state index contributed by atoms with van der Waals surface area (Å²) in [7, 11) is 1.91. The summed E-state index contributed by atoms with van der Waals surface area (Å²) in [5, 5.41) is 0. The highest BCUT2D eigenvalue weighted by Crippen LogP contribution is 2.23. The van der Waals surface area contributed by atoms with Crippen molar-refractivity contribution in [2.75, 3.05) is 11.9 Å². The van der Waals surface area contributed by atoms with Crippen molar-refractivity contribution in [3.05, 3.63) is 47.9 Å². The first-order chi connectivity index (χ1) is 8.59. The van der Waals surface area contributed by atoms with Gasteiger partial charge in [0.25, 0.3) is 0 Å². The van der Waals surface area contributed by atoms with Crippen molar-refractivity contribution in [1.82, 2.24) is 9.97 Å². The van der Waals surface area contributed by atoms with Crippen LogP contribution in [0.3, 0.4) is 0 Å². The van der Waals surface area contributed by atoms with Crippen molar-refractivity contribution in [3.63, 3.8) is 0 Å². The van der Waals surface area contributed by atoms with E-state index in [0.29, 0.717) is 11.5 Å². The molecular formula is C13H14N4S. The molecule has 1 aromatic carbocycles. The highest BCUT2D eigenvalue weighted by molar-refractivity contribution is 7.80. The lowest BCUT2D eigenvalue weighted by Crippen LogP contribution is -2.20. The number of benzene rings is 1. The fourth-order valence-electron chi connectivity index (χ4n) is 1.64. The summed E-state index contributed by atoms with van der Waals surface area (Å²) in [6, 6.07) is 8.13. The van der Waals surface area contributed by atoms with Gasteiger partial charge in [0.05, 0.1) is 0 Å². The van der Waals surface area contributed by atoms with Crippen molar-refractivity contribution in [2.45, 2.75) is 6.92 Å². The minimum atomic E-state index is 0.247. The van der Waals surface area contributed by atoms with Gasteiger partial charge >= 0.3 is 0 Å². The quantitative estimate of drug-likeness (QED) is 0.855. The van der Waals surface area contributed by atoms with Crippen LogP contribution in [0.5, 0.6) is 0 Å². The smallest absolute Gasteiger partial charge is 0.161 e. The molecule has 2 rings (SSSR count). The summed E-state index contributed by atoms with van der Waals surface area (Å²) in [4.78, 5) is 10.6. The fraction of sp³-hybridized carbons (Fsp3) is 0.154. The molecule has 1 heterocycles. The topological polar surface area (TPSA) is 55.0 Å². The summed E-state index contributed by atoms with van der Waals surface area (Å²) in [5.74, 6) is 0.661. The predicted octanol–water partition coefficient (Wildman–Crippen LogP) is 2.19. The summed E-state index contributed by atoms with van der Waals surface area (Å²) in [6.45, 7) is 2.05. The van der Waals surface area contributed by atoms with E-state index in [4.69, 9.17) is 18.0 Å². The molecule has 18 heavy (non-hydrogen) atoms. The van der Waals surface area contributed by atoms with Crippen LogP contribution in [0.2, 0.25) is 0 Å². The molecule has 5 heteroatoms. The fourth-order valence-corrected chi connectivity index (χ4v) is 1.78. The first-order valence-corrected chi connectivity index (χ1v) is 5.91. The molecule has 0 saturated carbocycles. The third-order valence-corrected chi connectivity index (χ3v) is 2.84. The molecule has 2 aromatic rings. The Morgan fingerprint density at radius 1 is 1.17 bits per heavy atom. The molecule has 0 saturated heterocycles. The zero-order valence-corrected chi connectivity index (χ0v) is 11.1. The highest BCUT2D eigenvalue weighted by atomic mass is 32.1. The van der Waals surface area contributed by atoms with E-state index in [9.17, 15) is 0 Å². The van der Waals surface area contributed by atoms with E-state index in [0.717, 1.165) is 5.69 Å². The van der Waals surface area contributed by atoms with Gasteiger partial charge < -0.3 is 10.6 Å². The van der Waals surface area contributed by atoms with Crippen molar-refractivity contribution in [3.8, 4) is 0 Å². The molecule has 0 aliphatic carbocycles. The van der Waals surface area contributed by atoms with E-state index in [-0.39, 0.29) is 4.99 Å². The van der Waals surface area contributed by atoms with E-state index < -0.39 is 0 Å². The Bertz CT molecular complexity index is 565. The van der Waals surface area contributed by atoms with Crippen LogP contribution in [-0.2, 0) is 0 Å². The third-order valence-electron chi connectivity index (χ3n) is 2.65. The molecule has 0 radical (unpaired) electrons. The van der Waals surface area contributed by atoms with Gasteiger partial charge in [0.2, 0.25) is 0 Å². The van der Waals surface area contributed by atoms with Crippen molar-refractivity contribution in [2.24, 2.45) is 5.73 Å². The van der Waals surface area contributed by atoms with Crippen LogP contribution in [0, 0.1) is 6.92 Å². The van der Waals surface area contributed by atoms with E-state index in [2.05, 4.69) is 9.97 Å². The molecule has 0 unspecified atom stereocenters. The molecule has 0 fully saturated rings. The van der Waals surface area contributed by atoms with Crippen LogP contribution in [0.15, 0.2) is 36.7 Å². The second kappa shape index (κ2) is 5.10. The number of thiocarbonyl (C=S) groups is 1. The second-order valence-electron chi connectivity index (χ2n) is 3.99. The van der Waals surface area contributed by atoms with E-state index in [1.54, 1.807) is 12.4 Å². The average Bonchev–Trinajstić information content (AvgIpc) is 2.39. The number of nitrogens with two attached hydrogens (primary N) is 1. The van der Waals surface area contributed by atoms with Gasteiger partial charge in [-0.15, -0.1) is 0 Å². The minimum absolute atomic E-state index is 0.247. The molecule has 0 amide bonds. The number of hydrogen-bond acceptors (Lipinski definition) is 4. The number of nitrogens with zero attached hydrogens (tertiary/aromatic N) is 3. The first kappa shape index (κ1) is 12.4. The minimum Gasteiger partial charge on any atom is -0.388 e. The van der Waals surface area contributed by atoms with Gasteiger partial charge in [0.15, 0.2) is 5.82 Å². The summed E-state index contributed by atoms with van der Waals surface area (Å²) in [6.07, 6.45) is 3.21. The molecule has 0 spiro atoms. The molecule has 92 valence electrons. The van der Waals surface area contributed by atoms with Crippen LogP contribution in [0.1, 0.15) is 11.3 Å². The van der Waals surface area contributed by atoms with Crippen molar-refractivity contribution in [1.29, 1.82) is 0 Å². The van der Waals surface area contributed by atoms with Crippen molar-refractivity contribution < 1.29 is 0 Å². The lowest BCUT2D eigenvalue weighted by atomic mass is 10.2. The standard InChI is InChI=1S/C13H14N4S/c1-9-3-5-10(6-4-9)17(2)13-11(12(14)18)15-7-8-16-13/h3-8H,1-2H3,(H2,14,18). The predicted molar refractivity (Wildman–Crippen MR) is 77.2 cm³/mol. The maximum atomic E-state index is 5.66. The van der Waals surface area contributed by atoms with E-state index >= 15 is 0 Å². The number of aryl methyl sites for hydroxylation is 1. The molecule has 4 nitrogen and oxygen atoms in total. The van der Waals surface area contributed by atoms with Gasteiger partial charge in [-0.25, -0.2) is 9.97 Å². The van der Waals surface area contributed by atoms with Gasteiger partial charge in [-0.1, -0.05) is 29.9 Å². The van der Waals surface area contributed by atoms with Gasteiger partial charge in [-0.05, 0) is 19.1 Å². The lowest BCUT2D eigenvalue weighted by molar-refractivity contribution is 1.07. The number of aromatic nitrogens is 2. The maximum absolute atomic E-state index is 5.66. The van der Waals surface area contributed by atoms with Gasteiger partial charge in [-0.3, -0.25) is 0 Å². The van der Waals surface area contributed by atoms with Crippen LogP contribution in [0.4, 0.5) is 11.5 Å². The van der Waals surface area contributed by atoms with Crippen molar-refractivity contribution >= 4 is 28.7 Å². The van der Waals surface area contributed by atoms with E-state index in [1.807, 2.05) is 43.1 Å². The Hall–Kier alpha value is -2.01. The average molecular weight is 258 g/mol. The molecule has 0 aliphatic rings. The molecule has 0 bridgehead atoms. The first-order valence-electron chi connectivity index (χ1n) is 5.51. The Balaban J connectivity index is 2.42. The van der Waals surface area contributed by atoms with E-state index in [1.165, 1.54) is 5.56 Å². The molecule has 1 aromatic heterocycles. The number of anilines is 2. The zero-order chi connectivity index (χ0) is 13.1. The van der Waals surface area contributed by atoms with Gasteiger partial charge in [0.1, 0.15) is 10.7 Å². The van der Waals surface area contributed by atoms with Crippen LogP contribution in [-0.4, -0.2) is 22.0 Å². The molecular weight excluding hydrogens is 244 g/mol. The zero-order valence-electron chi connectivity index (χ0n) is 10.3. The monoisotopic (exact) mass is 258 g/mol. The number of rotatable bonds is 3. The van der Waals surface area contributed by atoms with Crippen LogP contribution >= 0.6 is 12.2 Å². The molecule has 2 N–H and O–H groups in total. The van der Waals surface area contributed by atoms with Crippen LogP contribution < -0.4 is 10.6 Å². The third kappa shape index (κ3) is 2.46. The summed E-state index contributed by atoms with van der Waals surface area (Å²) >= 11 is 4.99. The summed E-state index contributed by atoms with van der Waals surface area (Å²) in [5.41, 5.74) is 8.42. The SMILES string of the molecule is Cc1ccc(N(C)c2nccnc2C(N)=S)cc1. The Labute approximate surface area is 111 Å². The molecule has 0 aliphatic heterocycles. The highest BCUT2D eigenvalue weighted by Gasteiger charge is 2.13. The maximum Gasteiger partial charge on any atom is 0.161 e. The Morgan fingerprint density at radius 2 is 1.78 bits per heavy atom. The Kier molecular flexibility index (Phi) is 3.53. The molecule has 0 atom stereocenters. The summed E-state index contributed by atoms with van der Waals surface area (Å²) < 4.78 is 0. The normalized spacial score (nSPS) is 10.1. The van der Waals surface area contributed by atoms with Crippen LogP contribution in [0.25, 0.3) is 0 Å². The largest absolute Gasteiger partial charge is 0.388 e. The Morgan fingerprint density at radius 3 is 2.39 bits per heavy atom. The van der Waals surface area contributed by atoms with Gasteiger partial charge in [0, 0.05) is 25.1 Å². The lowest BCUT2D eigenvalue weighted by Gasteiger charge is -2.20.